The van der Waals surface area contributed by atoms with Gasteiger partial charge in [-0.1, -0.05) is 0 Å². The van der Waals surface area contributed by atoms with Gasteiger partial charge in [-0.3, -0.25) is 4.79 Å². The van der Waals surface area contributed by atoms with Gasteiger partial charge in [0.2, 0.25) is 5.91 Å². The maximum absolute atomic E-state index is 10.8. The highest BCUT2D eigenvalue weighted by atomic mass is 16.3. The van der Waals surface area contributed by atoms with Gasteiger partial charge in [-0.2, -0.15) is 0 Å². The monoisotopic (exact) mass is 169 g/mol. The van der Waals surface area contributed by atoms with Crippen molar-refractivity contribution < 1.29 is 9.90 Å². The minimum Gasteiger partial charge on any atom is -0.393 e. The fourth-order valence-corrected chi connectivity index (χ4v) is 2.76. The van der Waals surface area contributed by atoms with Gasteiger partial charge >= 0.3 is 0 Å². The van der Waals surface area contributed by atoms with Gasteiger partial charge in [-0.25, -0.2) is 0 Å². The Bertz CT molecular complexity index is 205. The van der Waals surface area contributed by atoms with Crippen molar-refractivity contribution in [3.63, 3.8) is 0 Å². The van der Waals surface area contributed by atoms with Crippen molar-refractivity contribution in [3.8, 4) is 0 Å². The molecule has 2 fully saturated rings. The Balaban J connectivity index is 2.03. The molecule has 3 nitrogen and oxygen atoms in total. The van der Waals surface area contributed by atoms with Gasteiger partial charge in [-0.15, -0.1) is 0 Å². The third-order valence-electron chi connectivity index (χ3n) is 3.25. The third-order valence-corrected chi connectivity index (χ3v) is 3.25. The van der Waals surface area contributed by atoms with Crippen LogP contribution in [0.25, 0.3) is 0 Å². The molecular formula is C9H15NO2. The van der Waals surface area contributed by atoms with Crippen LogP contribution in [0.5, 0.6) is 0 Å². The van der Waals surface area contributed by atoms with Crippen LogP contribution in [0.3, 0.4) is 0 Å². The molecule has 4 atom stereocenters. The smallest absolute Gasteiger partial charge is 0.217 e. The van der Waals surface area contributed by atoms with E-state index in [2.05, 4.69) is 5.32 Å². The molecule has 0 heterocycles. The van der Waals surface area contributed by atoms with E-state index in [0.29, 0.717) is 11.8 Å². The van der Waals surface area contributed by atoms with E-state index < -0.39 is 0 Å². The summed E-state index contributed by atoms with van der Waals surface area (Å²) in [6.07, 6.45) is 2.97. The normalized spacial score (nSPS) is 44.8. The number of aliphatic hydroxyl groups is 1. The van der Waals surface area contributed by atoms with Gasteiger partial charge in [-0.05, 0) is 25.2 Å². The molecule has 0 aromatic rings. The molecule has 2 N–H and O–H groups in total. The Morgan fingerprint density at radius 2 is 2.25 bits per heavy atom. The van der Waals surface area contributed by atoms with E-state index in [-0.39, 0.29) is 18.1 Å². The zero-order valence-corrected chi connectivity index (χ0v) is 7.29. The van der Waals surface area contributed by atoms with Gasteiger partial charge < -0.3 is 10.4 Å². The Kier molecular flexibility index (Phi) is 1.83. The summed E-state index contributed by atoms with van der Waals surface area (Å²) in [4.78, 5) is 10.8. The third kappa shape index (κ3) is 1.12. The van der Waals surface area contributed by atoms with Gasteiger partial charge in [0, 0.05) is 18.9 Å². The van der Waals surface area contributed by atoms with Gasteiger partial charge in [0.15, 0.2) is 0 Å². The second kappa shape index (κ2) is 2.73. The lowest BCUT2D eigenvalue weighted by Gasteiger charge is -2.17. The summed E-state index contributed by atoms with van der Waals surface area (Å²) >= 11 is 0. The van der Waals surface area contributed by atoms with E-state index in [1.165, 1.54) is 6.42 Å². The Morgan fingerprint density at radius 3 is 2.67 bits per heavy atom. The zero-order valence-electron chi connectivity index (χ0n) is 7.29. The molecule has 0 saturated heterocycles. The lowest BCUT2D eigenvalue weighted by atomic mass is 9.98. The number of hydrogen-bond acceptors (Lipinski definition) is 2. The molecule has 2 aliphatic carbocycles. The van der Waals surface area contributed by atoms with Gasteiger partial charge in [0.25, 0.3) is 0 Å². The van der Waals surface area contributed by atoms with Crippen molar-refractivity contribution in [3.05, 3.63) is 0 Å². The molecule has 2 rings (SSSR count). The van der Waals surface area contributed by atoms with Crippen LogP contribution in [0.4, 0.5) is 0 Å². The average Bonchev–Trinajstić information content (AvgIpc) is 2.44. The number of nitrogens with one attached hydrogen (secondary N) is 1. The molecule has 1 amide bonds. The minimum absolute atomic E-state index is 0.0333. The predicted molar refractivity (Wildman–Crippen MR) is 44.4 cm³/mol. The first-order chi connectivity index (χ1) is 5.68. The molecular weight excluding hydrogens is 154 g/mol. The van der Waals surface area contributed by atoms with Crippen molar-refractivity contribution in [1.82, 2.24) is 5.32 Å². The molecule has 0 aliphatic heterocycles. The predicted octanol–water partition coefficient (Wildman–Crippen LogP) is 0.282. The van der Waals surface area contributed by atoms with Crippen LogP contribution in [0.15, 0.2) is 0 Å². The van der Waals surface area contributed by atoms with Crippen LogP contribution >= 0.6 is 0 Å². The van der Waals surface area contributed by atoms with Crippen LogP contribution < -0.4 is 5.32 Å². The molecule has 68 valence electrons. The largest absolute Gasteiger partial charge is 0.393 e. The Labute approximate surface area is 72.2 Å². The molecule has 2 saturated carbocycles. The molecule has 0 spiro atoms. The van der Waals surface area contributed by atoms with E-state index >= 15 is 0 Å². The molecule has 2 aliphatic rings. The fourth-order valence-electron chi connectivity index (χ4n) is 2.76. The van der Waals surface area contributed by atoms with Crippen molar-refractivity contribution in [2.24, 2.45) is 11.8 Å². The summed E-state index contributed by atoms with van der Waals surface area (Å²) in [5.74, 6) is 0.902. The second-order valence-corrected chi connectivity index (χ2v) is 4.03. The number of rotatable bonds is 1. The van der Waals surface area contributed by atoms with Gasteiger partial charge in [0.1, 0.15) is 0 Å². The summed E-state index contributed by atoms with van der Waals surface area (Å²) in [5.41, 5.74) is 0. The molecule has 12 heavy (non-hydrogen) atoms. The maximum Gasteiger partial charge on any atom is 0.217 e. The van der Waals surface area contributed by atoms with Crippen LogP contribution in [-0.4, -0.2) is 23.2 Å². The number of carbonyl (C=O) groups is 1. The van der Waals surface area contributed by atoms with Crippen molar-refractivity contribution in [2.45, 2.75) is 38.3 Å². The lowest BCUT2D eigenvalue weighted by Crippen LogP contribution is -2.37. The first-order valence-electron chi connectivity index (χ1n) is 4.63. The molecule has 1 unspecified atom stereocenters. The van der Waals surface area contributed by atoms with E-state index in [9.17, 15) is 9.90 Å². The van der Waals surface area contributed by atoms with Gasteiger partial charge in [0.05, 0.1) is 6.10 Å². The SMILES string of the molecule is CC(=O)NC1[C@@H]2CC[C@H]1[C@H](O)C2. The number of fused-ring (bicyclic) bond motifs is 2. The molecule has 2 bridgehead atoms. The summed E-state index contributed by atoms with van der Waals surface area (Å²) in [5, 5.41) is 12.5. The lowest BCUT2D eigenvalue weighted by molar-refractivity contribution is -0.120. The molecule has 0 radical (unpaired) electrons. The van der Waals surface area contributed by atoms with Crippen molar-refractivity contribution in [2.75, 3.05) is 0 Å². The summed E-state index contributed by atoms with van der Waals surface area (Å²) in [6.45, 7) is 1.55. The van der Waals surface area contributed by atoms with Crippen LogP contribution in [0, 0.1) is 11.8 Å². The molecule has 0 aromatic carbocycles. The maximum atomic E-state index is 10.8. The minimum atomic E-state index is -0.166. The van der Waals surface area contributed by atoms with Crippen molar-refractivity contribution >= 4 is 5.91 Å². The number of hydrogen-bond donors (Lipinski definition) is 2. The van der Waals surface area contributed by atoms with E-state index in [1.807, 2.05) is 0 Å². The highest BCUT2D eigenvalue weighted by Crippen LogP contribution is 2.44. The first kappa shape index (κ1) is 8.05. The average molecular weight is 169 g/mol. The quantitative estimate of drug-likeness (QED) is 0.592. The summed E-state index contributed by atoms with van der Waals surface area (Å²) in [6, 6.07) is 0.262. The van der Waals surface area contributed by atoms with Crippen molar-refractivity contribution in [1.29, 1.82) is 0 Å². The van der Waals surface area contributed by atoms with Crippen LogP contribution in [0.2, 0.25) is 0 Å². The standard InChI is InChI=1S/C9H15NO2/c1-5(11)10-9-6-2-3-7(9)8(12)4-6/h6-9,12H,2-4H2,1H3,(H,10,11)/t6-,7+,8-,9?/m1/s1. The summed E-state index contributed by atoms with van der Waals surface area (Å²) < 4.78 is 0. The summed E-state index contributed by atoms with van der Waals surface area (Å²) in [7, 11) is 0. The zero-order chi connectivity index (χ0) is 8.72. The van der Waals surface area contributed by atoms with Crippen LogP contribution in [-0.2, 0) is 4.79 Å². The van der Waals surface area contributed by atoms with Crippen LogP contribution in [0.1, 0.15) is 26.2 Å². The Hall–Kier alpha value is -0.570. The molecule has 3 heteroatoms. The van der Waals surface area contributed by atoms with E-state index in [1.54, 1.807) is 6.92 Å². The Morgan fingerprint density at radius 1 is 1.50 bits per heavy atom. The second-order valence-electron chi connectivity index (χ2n) is 4.03. The topological polar surface area (TPSA) is 49.3 Å². The first-order valence-corrected chi connectivity index (χ1v) is 4.63. The highest BCUT2D eigenvalue weighted by molar-refractivity contribution is 5.73. The highest BCUT2D eigenvalue weighted by Gasteiger charge is 2.47. The molecule has 0 aromatic heterocycles. The van der Waals surface area contributed by atoms with E-state index in [0.717, 1.165) is 12.8 Å². The number of amides is 1. The number of aliphatic hydroxyl groups excluding tert-OH is 1. The number of carbonyl (C=O) groups excluding carboxylic acids is 1. The van der Waals surface area contributed by atoms with E-state index in [4.69, 9.17) is 0 Å². The fraction of sp³-hybridized carbons (Fsp3) is 0.889.